The van der Waals surface area contributed by atoms with Gasteiger partial charge in [-0.15, -0.1) is 0 Å². The zero-order chi connectivity index (χ0) is 22.4. The number of nitrogens with two attached hydrogens (primary N) is 1. The summed E-state index contributed by atoms with van der Waals surface area (Å²) in [6.45, 7) is 0. The molecule has 31 heavy (non-hydrogen) atoms. The summed E-state index contributed by atoms with van der Waals surface area (Å²) in [5, 5.41) is 2.87. The molecule has 1 unspecified atom stereocenters. The first-order valence-corrected chi connectivity index (χ1v) is 10.1. The van der Waals surface area contributed by atoms with E-state index in [1.807, 2.05) is 0 Å². The third kappa shape index (κ3) is 5.81. The highest BCUT2D eigenvalue weighted by atomic mass is 35.5. The molecule has 0 aliphatic carbocycles. The summed E-state index contributed by atoms with van der Waals surface area (Å²) in [5.74, 6) is 5.45. The zero-order valence-corrected chi connectivity index (χ0v) is 18.2. The number of carbonyl (C=O) groups excluding carboxylic acids is 2. The van der Waals surface area contributed by atoms with Gasteiger partial charge in [0.05, 0.1) is 13.2 Å². The van der Waals surface area contributed by atoms with Crippen LogP contribution in [-0.4, -0.2) is 35.9 Å². The maximum atomic E-state index is 12.3. The van der Waals surface area contributed by atoms with Crippen LogP contribution in [0.3, 0.4) is 0 Å². The van der Waals surface area contributed by atoms with Gasteiger partial charge in [-0.2, -0.15) is 0 Å². The van der Waals surface area contributed by atoms with Crippen LogP contribution in [0.4, 0.5) is 5.69 Å². The third-order valence-electron chi connectivity index (χ3n) is 4.50. The molecule has 2 aromatic rings. The van der Waals surface area contributed by atoms with Gasteiger partial charge in [0, 0.05) is 22.7 Å². The lowest BCUT2D eigenvalue weighted by atomic mass is 10.2. The van der Waals surface area contributed by atoms with Gasteiger partial charge in [-0.25, -0.2) is 4.99 Å². The number of aliphatic imine (C=N–C) groups is 1. The first-order chi connectivity index (χ1) is 14.9. The maximum Gasteiger partial charge on any atom is 0.302 e. The Morgan fingerprint density at radius 2 is 1.94 bits per heavy atom. The largest absolute Gasteiger partial charge is 0.497 e. The topological polar surface area (TPSA) is 97.0 Å². The number of nitrogens with zero attached hydrogens (tertiary/aromatic N) is 2. The number of rotatable bonds is 3. The van der Waals surface area contributed by atoms with E-state index in [0.717, 1.165) is 0 Å². The highest BCUT2D eigenvalue weighted by molar-refractivity contribution is 7.80. The van der Waals surface area contributed by atoms with E-state index in [2.05, 4.69) is 22.2 Å². The smallest absolute Gasteiger partial charge is 0.302 e. The SMILES string of the molecule is COc1ccc(C(N)=NC(=S)NC(=O)C#CC2CCC(=O)N2c2ccc(Cl)cc2)cc1. The van der Waals surface area contributed by atoms with E-state index in [1.54, 1.807) is 60.5 Å². The summed E-state index contributed by atoms with van der Waals surface area (Å²) in [7, 11) is 1.56. The van der Waals surface area contributed by atoms with E-state index >= 15 is 0 Å². The Morgan fingerprint density at radius 1 is 1.26 bits per heavy atom. The number of nitrogens with one attached hydrogen (secondary N) is 1. The predicted octanol–water partition coefficient (Wildman–Crippen LogP) is 2.65. The van der Waals surface area contributed by atoms with Gasteiger partial charge in [0.1, 0.15) is 11.6 Å². The molecule has 7 nitrogen and oxygen atoms in total. The molecule has 1 fully saturated rings. The molecule has 0 aromatic heterocycles. The van der Waals surface area contributed by atoms with Crippen molar-refractivity contribution < 1.29 is 14.3 Å². The van der Waals surface area contributed by atoms with Crippen molar-refractivity contribution in [1.82, 2.24) is 5.32 Å². The summed E-state index contributed by atoms with van der Waals surface area (Å²) in [6.07, 6.45) is 0.874. The van der Waals surface area contributed by atoms with Gasteiger partial charge in [0.2, 0.25) is 11.0 Å². The molecule has 3 rings (SSSR count). The van der Waals surface area contributed by atoms with Crippen LogP contribution in [0.2, 0.25) is 5.02 Å². The summed E-state index contributed by atoms with van der Waals surface area (Å²) in [5.41, 5.74) is 7.24. The molecule has 0 radical (unpaired) electrons. The summed E-state index contributed by atoms with van der Waals surface area (Å²) >= 11 is 11.0. The third-order valence-corrected chi connectivity index (χ3v) is 4.94. The van der Waals surface area contributed by atoms with Gasteiger partial charge in [-0.1, -0.05) is 17.5 Å². The Kier molecular flexibility index (Phi) is 7.23. The number of halogens is 1. The molecule has 2 amide bonds. The average Bonchev–Trinajstić information content (AvgIpc) is 3.13. The monoisotopic (exact) mass is 454 g/mol. The van der Waals surface area contributed by atoms with E-state index in [0.29, 0.717) is 34.9 Å². The molecule has 2 aromatic carbocycles. The van der Waals surface area contributed by atoms with Crippen LogP contribution in [-0.2, 0) is 9.59 Å². The maximum absolute atomic E-state index is 12.3. The summed E-state index contributed by atoms with van der Waals surface area (Å²) in [6, 6.07) is 13.4. The fraction of sp³-hybridized carbons (Fsp3) is 0.182. The molecule has 0 saturated carbocycles. The number of amidine groups is 1. The average molecular weight is 455 g/mol. The highest BCUT2D eigenvalue weighted by Gasteiger charge is 2.31. The van der Waals surface area contributed by atoms with Crippen molar-refractivity contribution in [3.8, 4) is 17.6 Å². The van der Waals surface area contributed by atoms with Gasteiger partial charge in [0.15, 0.2) is 0 Å². The second kappa shape index (κ2) is 10.1. The molecule has 1 aliphatic rings. The normalized spacial score (nSPS) is 15.8. The molecule has 9 heteroatoms. The van der Waals surface area contributed by atoms with Gasteiger partial charge < -0.3 is 10.5 Å². The number of anilines is 1. The number of benzene rings is 2. The Bertz CT molecular complexity index is 1090. The Morgan fingerprint density at radius 3 is 2.58 bits per heavy atom. The molecule has 158 valence electrons. The first-order valence-electron chi connectivity index (χ1n) is 9.30. The van der Waals surface area contributed by atoms with Gasteiger partial charge in [-0.05, 0) is 73.1 Å². The van der Waals surface area contributed by atoms with E-state index < -0.39 is 11.9 Å². The highest BCUT2D eigenvalue weighted by Crippen LogP contribution is 2.27. The molecule has 1 saturated heterocycles. The van der Waals surface area contributed by atoms with Crippen molar-refractivity contribution >= 4 is 52.3 Å². The minimum absolute atomic E-state index is 0.0607. The standard InChI is InChI=1S/C22H19ClN4O3S/c1-30-18-10-2-14(3-11-18)21(24)26-22(31)25-19(28)12-8-17-9-13-20(29)27(17)16-6-4-15(23)5-7-16/h2-7,10-11,17H,9,13H2,1H3,(H3,24,25,26,28,31). The van der Waals surface area contributed by atoms with Crippen LogP contribution < -0.4 is 20.7 Å². The van der Waals surface area contributed by atoms with Crippen molar-refractivity contribution in [2.75, 3.05) is 12.0 Å². The van der Waals surface area contributed by atoms with Crippen LogP contribution in [0.15, 0.2) is 53.5 Å². The van der Waals surface area contributed by atoms with Gasteiger partial charge in [-0.3, -0.25) is 19.8 Å². The Hall–Kier alpha value is -3.41. The lowest BCUT2D eigenvalue weighted by Crippen LogP contribution is -2.33. The Balaban J connectivity index is 1.64. The lowest BCUT2D eigenvalue weighted by molar-refractivity contribution is -0.117. The number of methoxy groups -OCH3 is 1. The van der Waals surface area contributed by atoms with Crippen LogP contribution in [0.5, 0.6) is 5.75 Å². The predicted molar refractivity (Wildman–Crippen MR) is 124 cm³/mol. The van der Waals surface area contributed by atoms with E-state index in [9.17, 15) is 9.59 Å². The van der Waals surface area contributed by atoms with Crippen molar-refractivity contribution in [2.24, 2.45) is 10.7 Å². The molecular formula is C22H19ClN4O3S. The van der Waals surface area contributed by atoms with E-state index in [1.165, 1.54) is 0 Å². The molecule has 3 N–H and O–H groups in total. The van der Waals surface area contributed by atoms with Crippen LogP contribution >= 0.6 is 23.8 Å². The minimum Gasteiger partial charge on any atom is -0.497 e. The van der Waals surface area contributed by atoms with Crippen molar-refractivity contribution in [1.29, 1.82) is 0 Å². The molecule has 0 spiro atoms. The van der Waals surface area contributed by atoms with Crippen molar-refractivity contribution in [3.63, 3.8) is 0 Å². The van der Waals surface area contributed by atoms with Crippen LogP contribution in [0.1, 0.15) is 18.4 Å². The quantitative estimate of drug-likeness (QED) is 0.321. The minimum atomic E-state index is -0.633. The summed E-state index contributed by atoms with van der Waals surface area (Å²) in [4.78, 5) is 30.0. The number of amides is 2. The van der Waals surface area contributed by atoms with E-state index in [4.69, 9.17) is 34.3 Å². The van der Waals surface area contributed by atoms with Crippen LogP contribution in [0.25, 0.3) is 0 Å². The molecule has 1 heterocycles. The van der Waals surface area contributed by atoms with E-state index in [-0.39, 0.29) is 16.9 Å². The fourth-order valence-corrected chi connectivity index (χ4v) is 3.30. The number of hydrogen-bond donors (Lipinski definition) is 2. The van der Waals surface area contributed by atoms with Gasteiger partial charge >= 0.3 is 5.91 Å². The number of ether oxygens (including phenoxy) is 1. The number of hydrogen-bond acceptors (Lipinski definition) is 4. The zero-order valence-electron chi connectivity index (χ0n) is 16.6. The molecule has 1 aliphatic heterocycles. The van der Waals surface area contributed by atoms with Crippen LogP contribution in [0, 0.1) is 11.8 Å². The number of thiocarbonyl (C=S) groups is 1. The second-order valence-electron chi connectivity index (χ2n) is 6.55. The number of carbonyl (C=O) groups is 2. The first kappa shape index (κ1) is 22.3. The van der Waals surface area contributed by atoms with Crippen molar-refractivity contribution in [3.05, 3.63) is 59.1 Å². The second-order valence-corrected chi connectivity index (χ2v) is 7.37. The van der Waals surface area contributed by atoms with Crippen molar-refractivity contribution in [2.45, 2.75) is 18.9 Å². The molecule has 0 bridgehead atoms. The molecule has 1 atom stereocenters. The Labute approximate surface area is 190 Å². The summed E-state index contributed by atoms with van der Waals surface area (Å²) < 4.78 is 5.09. The lowest BCUT2D eigenvalue weighted by Gasteiger charge is -2.20. The molecular weight excluding hydrogens is 436 g/mol. The van der Waals surface area contributed by atoms with Gasteiger partial charge in [0.25, 0.3) is 0 Å². The fourth-order valence-electron chi connectivity index (χ4n) is 2.99.